The first-order valence-corrected chi connectivity index (χ1v) is 15.9. The maximum Gasteiger partial charge on any atom is 0.254 e. The Morgan fingerprint density at radius 2 is 1.63 bits per heavy atom. The largest absolute Gasteiger partial charge is 0.382 e. The molecule has 0 spiro atoms. The maximum atomic E-state index is 13.8. The molecular formula is C31H37N3O5S2. The van der Waals surface area contributed by atoms with Crippen molar-refractivity contribution in [1.29, 1.82) is 0 Å². The number of aryl methyl sites for hydroxylation is 2. The molecule has 4 rings (SSSR count). The molecule has 1 aliphatic rings. The van der Waals surface area contributed by atoms with E-state index in [4.69, 9.17) is 0 Å². The minimum absolute atomic E-state index is 0.0344. The second kappa shape index (κ2) is 12.8. The van der Waals surface area contributed by atoms with Gasteiger partial charge in [-0.3, -0.25) is 9.59 Å². The van der Waals surface area contributed by atoms with Crippen LogP contribution in [0.4, 0.5) is 0 Å². The summed E-state index contributed by atoms with van der Waals surface area (Å²) < 4.78 is 28.5. The fourth-order valence-electron chi connectivity index (χ4n) is 4.91. The molecule has 0 radical (unpaired) electrons. The Hall–Kier alpha value is -3.18. The number of amides is 2. The van der Waals surface area contributed by atoms with Crippen molar-refractivity contribution in [2.24, 2.45) is 0 Å². The van der Waals surface area contributed by atoms with Gasteiger partial charge in [-0.25, -0.2) is 13.1 Å². The summed E-state index contributed by atoms with van der Waals surface area (Å²) in [5, 5.41) is 14.4. The molecule has 1 fully saturated rings. The SMILES string of the molecule is Cc1ccc(S(=O)(=O)NC(Cc2ccccc2)C(O)C(=O)N2CSC(C)(C)C2C(=O)NCc2ccccc2C)cc1. The quantitative estimate of drug-likeness (QED) is 0.330. The highest BCUT2D eigenvalue weighted by atomic mass is 32.2. The summed E-state index contributed by atoms with van der Waals surface area (Å²) in [4.78, 5) is 28.7. The number of aliphatic hydroxyl groups is 1. The van der Waals surface area contributed by atoms with Gasteiger partial charge in [-0.1, -0.05) is 72.3 Å². The molecular weight excluding hydrogens is 558 g/mol. The van der Waals surface area contributed by atoms with Crippen molar-refractivity contribution >= 4 is 33.6 Å². The monoisotopic (exact) mass is 595 g/mol. The molecule has 1 saturated heterocycles. The summed E-state index contributed by atoms with van der Waals surface area (Å²) in [6.07, 6.45) is -1.65. The zero-order chi connectivity index (χ0) is 29.8. The molecule has 1 heterocycles. The van der Waals surface area contributed by atoms with E-state index in [1.807, 2.05) is 70.2 Å². The van der Waals surface area contributed by atoms with Gasteiger partial charge in [-0.05, 0) is 62.9 Å². The van der Waals surface area contributed by atoms with Crippen LogP contribution in [0.5, 0.6) is 0 Å². The van der Waals surface area contributed by atoms with Crippen LogP contribution in [0.1, 0.15) is 36.1 Å². The van der Waals surface area contributed by atoms with Gasteiger partial charge in [0.05, 0.1) is 16.8 Å². The maximum absolute atomic E-state index is 13.8. The third kappa shape index (κ3) is 7.37. The summed E-state index contributed by atoms with van der Waals surface area (Å²) in [7, 11) is -4.06. The highest BCUT2D eigenvalue weighted by Gasteiger charge is 2.50. The van der Waals surface area contributed by atoms with E-state index in [2.05, 4.69) is 10.0 Å². The molecule has 0 saturated carbocycles. The number of hydrogen-bond donors (Lipinski definition) is 3. The third-order valence-corrected chi connectivity index (χ3v) is 10.2. The summed E-state index contributed by atoms with van der Waals surface area (Å²) in [6, 6.07) is 21.1. The average molecular weight is 596 g/mol. The van der Waals surface area contributed by atoms with Crippen LogP contribution >= 0.6 is 11.8 Å². The first kappa shape index (κ1) is 30.8. The molecule has 3 aromatic carbocycles. The Morgan fingerprint density at radius 1 is 1.00 bits per heavy atom. The second-order valence-electron chi connectivity index (χ2n) is 10.9. The number of carbonyl (C=O) groups is 2. The molecule has 41 heavy (non-hydrogen) atoms. The topological polar surface area (TPSA) is 116 Å². The summed E-state index contributed by atoms with van der Waals surface area (Å²) in [6.45, 7) is 7.90. The van der Waals surface area contributed by atoms with Crippen LogP contribution in [0, 0.1) is 13.8 Å². The van der Waals surface area contributed by atoms with E-state index >= 15 is 0 Å². The number of rotatable bonds is 10. The lowest BCUT2D eigenvalue weighted by molar-refractivity contribution is -0.147. The molecule has 3 N–H and O–H groups in total. The van der Waals surface area contributed by atoms with Crippen molar-refractivity contribution in [3.05, 3.63) is 101 Å². The Morgan fingerprint density at radius 3 is 2.29 bits per heavy atom. The van der Waals surface area contributed by atoms with Crippen LogP contribution in [0.25, 0.3) is 0 Å². The van der Waals surface area contributed by atoms with Gasteiger partial charge in [-0.2, -0.15) is 0 Å². The van der Waals surface area contributed by atoms with Gasteiger partial charge in [0.1, 0.15) is 12.1 Å². The molecule has 3 atom stereocenters. The van der Waals surface area contributed by atoms with E-state index in [-0.39, 0.29) is 23.1 Å². The minimum atomic E-state index is -4.06. The van der Waals surface area contributed by atoms with Crippen LogP contribution in [0.3, 0.4) is 0 Å². The van der Waals surface area contributed by atoms with Gasteiger partial charge < -0.3 is 15.3 Å². The smallest absolute Gasteiger partial charge is 0.254 e. The number of benzene rings is 3. The van der Waals surface area contributed by atoms with E-state index in [1.54, 1.807) is 24.3 Å². The molecule has 0 aromatic heterocycles. The Labute approximate surface area is 246 Å². The summed E-state index contributed by atoms with van der Waals surface area (Å²) in [5.41, 5.74) is 3.66. The molecule has 2 amide bonds. The standard InChI is InChI=1S/C31H37N3O5S2/c1-21-14-16-25(17-15-21)41(38,39)33-26(18-23-11-6-5-7-12-23)27(35)30(37)34-20-40-31(3,4)28(34)29(36)32-19-24-13-9-8-10-22(24)2/h5-17,26-28,33,35H,18-20H2,1-4H3,(H,32,36). The number of aliphatic hydroxyl groups excluding tert-OH is 1. The lowest BCUT2D eigenvalue weighted by Crippen LogP contribution is -2.58. The van der Waals surface area contributed by atoms with Gasteiger partial charge in [0, 0.05) is 11.3 Å². The second-order valence-corrected chi connectivity index (χ2v) is 14.2. The highest BCUT2D eigenvalue weighted by Crippen LogP contribution is 2.40. The molecule has 3 unspecified atom stereocenters. The Bertz CT molecular complexity index is 1480. The number of nitrogens with zero attached hydrogens (tertiary/aromatic N) is 1. The number of thioether (sulfide) groups is 1. The molecule has 1 aliphatic heterocycles. The van der Waals surface area contributed by atoms with Gasteiger partial charge in [-0.15, -0.1) is 11.8 Å². The zero-order valence-corrected chi connectivity index (χ0v) is 25.3. The number of sulfonamides is 1. The number of nitrogens with one attached hydrogen (secondary N) is 2. The molecule has 218 valence electrons. The van der Waals surface area contributed by atoms with Crippen molar-refractivity contribution < 1.29 is 23.1 Å². The first-order chi connectivity index (χ1) is 19.4. The van der Waals surface area contributed by atoms with E-state index in [1.165, 1.54) is 28.8 Å². The molecule has 8 nitrogen and oxygen atoms in total. The lowest BCUT2D eigenvalue weighted by Gasteiger charge is -2.33. The Balaban J connectivity index is 1.57. The summed E-state index contributed by atoms with van der Waals surface area (Å²) in [5.74, 6) is -0.844. The molecule has 0 aliphatic carbocycles. The van der Waals surface area contributed by atoms with E-state index in [0.717, 1.165) is 22.3 Å². The van der Waals surface area contributed by atoms with Crippen LogP contribution in [-0.4, -0.2) is 59.1 Å². The van der Waals surface area contributed by atoms with Crippen LogP contribution in [0.2, 0.25) is 0 Å². The predicted molar refractivity (Wildman–Crippen MR) is 162 cm³/mol. The van der Waals surface area contributed by atoms with Crippen molar-refractivity contribution in [3.63, 3.8) is 0 Å². The van der Waals surface area contributed by atoms with Gasteiger partial charge in [0.25, 0.3) is 5.91 Å². The lowest BCUT2D eigenvalue weighted by atomic mass is 9.97. The average Bonchev–Trinajstić information content (AvgIpc) is 3.26. The first-order valence-electron chi connectivity index (χ1n) is 13.5. The number of hydrogen-bond acceptors (Lipinski definition) is 6. The van der Waals surface area contributed by atoms with Crippen LogP contribution in [-0.2, 0) is 32.6 Å². The molecule has 10 heteroatoms. The van der Waals surface area contributed by atoms with Gasteiger partial charge >= 0.3 is 0 Å². The van der Waals surface area contributed by atoms with Gasteiger partial charge in [0.15, 0.2) is 0 Å². The van der Waals surface area contributed by atoms with E-state index < -0.39 is 38.9 Å². The Kier molecular flexibility index (Phi) is 9.59. The fraction of sp³-hybridized carbons (Fsp3) is 0.355. The van der Waals surface area contributed by atoms with E-state index in [0.29, 0.717) is 6.54 Å². The van der Waals surface area contributed by atoms with Crippen LogP contribution in [0.15, 0.2) is 83.8 Å². The zero-order valence-electron chi connectivity index (χ0n) is 23.7. The van der Waals surface area contributed by atoms with Crippen molar-refractivity contribution in [1.82, 2.24) is 14.9 Å². The molecule has 3 aromatic rings. The molecule has 0 bridgehead atoms. The predicted octanol–water partition coefficient (Wildman–Crippen LogP) is 3.55. The highest BCUT2D eigenvalue weighted by molar-refractivity contribution is 8.00. The van der Waals surface area contributed by atoms with E-state index in [9.17, 15) is 23.1 Å². The number of carbonyl (C=O) groups excluding carboxylic acids is 2. The normalized spacial score (nSPS) is 18.1. The third-order valence-electron chi connectivity index (χ3n) is 7.36. The van der Waals surface area contributed by atoms with Crippen molar-refractivity contribution in [2.45, 2.75) is 68.5 Å². The fourth-order valence-corrected chi connectivity index (χ4v) is 7.29. The van der Waals surface area contributed by atoms with Crippen molar-refractivity contribution in [3.8, 4) is 0 Å². The van der Waals surface area contributed by atoms with Crippen LogP contribution < -0.4 is 10.0 Å². The van der Waals surface area contributed by atoms with Gasteiger partial charge in [0.2, 0.25) is 15.9 Å². The summed E-state index contributed by atoms with van der Waals surface area (Å²) >= 11 is 1.44. The van der Waals surface area contributed by atoms with Crippen molar-refractivity contribution in [2.75, 3.05) is 5.88 Å². The minimum Gasteiger partial charge on any atom is -0.382 e.